The Morgan fingerprint density at radius 3 is 2.42 bits per heavy atom. The van der Waals surface area contributed by atoms with E-state index >= 15 is 0 Å². The molecule has 0 saturated heterocycles. The number of hydrogen-bond acceptors (Lipinski definition) is 6. The van der Waals surface area contributed by atoms with E-state index in [1.807, 2.05) is 13.0 Å². The molecular weight excluding hydrogens is 418 g/mol. The Balaban J connectivity index is 2.09. The van der Waals surface area contributed by atoms with Gasteiger partial charge in [-0.2, -0.15) is 11.8 Å². The first-order valence-corrected chi connectivity index (χ1v) is 11.3. The van der Waals surface area contributed by atoms with Crippen LogP contribution in [0.5, 0.6) is 0 Å². The fourth-order valence-corrected chi connectivity index (χ4v) is 4.29. The van der Waals surface area contributed by atoms with E-state index in [9.17, 15) is 19.5 Å². The predicted molar refractivity (Wildman–Crippen MR) is 122 cm³/mol. The number of carbonyl (C=O) groups excluding carboxylic acids is 1. The highest BCUT2D eigenvalue weighted by Gasteiger charge is 2.25. The van der Waals surface area contributed by atoms with Crippen molar-refractivity contribution >= 4 is 45.6 Å². The Morgan fingerprint density at radius 2 is 1.84 bits per heavy atom. The van der Waals surface area contributed by atoms with Crippen LogP contribution in [0.15, 0.2) is 26.0 Å². The smallest absolute Gasteiger partial charge is 0.340 e. The second-order valence-electron chi connectivity index (χ2n) is 8.74. The quantitative estimate of drug-likeness (QED) is 0.553. The normalized spacial score (nSPS) is 13.0. The van der Waals surface area contributed by atoms with Crippen LogP contribution < -0.4 is 10.9 Å². The standard InChI is InChI=1S/C23H27NO6S/c1-11-13-7-15-16(23(3,4)5)9-29-19(15)12(2)20(13)30-22(28)14(11)8-18(25)24-17(10-31-6)21(26)27/h7,9,17H,8,10H2,1-6H3,(H,24,25)(H,26,27). The molecule has 1 atom stereocenters. The van der Waals surface area contributed by atoms with E-state index in [1.165, 1.54) is 11.8 Å². The van der Waals surface area contributed by atoms with Crippen LogP contribution in [0.1, 0.15) is 43.0 Å². The summed E-state index contributed by atoms with van der Waals surface area (Å²) >= 11 is 1.32. The third-order valence-electron chi connectivity index (χ3n) is 5.45. The molecule has 2 aromatic heterocycles. The maximum atomic E-state index is 12.7. The number of hydrogen-bond donors (Lipinski definition) is 2. The number of carboxylic acids is 1. The summed E-state index contributed by atoms with van der Waals surface area (Å²) in [5.41, 5.74) is 2.99. The summed E-state index contributed by atoms with van der Waals surface area (Å²) in [5, 5.41) is 13.4. The Kier molecular flexibility index (Phi) is 6.23. The number of nitrogens with one attached hydrogen (secondary N) is 1. The van der Waals surface area contributed by atoms with Gasteiger partial charge in [-0.25, -0.2) is 9.59 Å². The van der Waals surface area contributed by atoms with Crippen molar-refractivity contribution in [2.75, 3.05) is 12.0 Å². The van der Waals surface area contributed by atoms with Crippen LogP contribution in [0.4, 0.5) is 0 Å². The summed E-state index contributed by atoms with van der Waals surface area (Å²) in [4.78, 5) is 36.5. The average molecular weight is 446 g/mol. The Labute approximate surface area is 184 Å². The number of fused-ring (bicyclic) bond motifs is 2. The number of aliphatic carboxylic acids is 1. The summed E-state index contributed by atoms with van der Waals surface area (Å²) in [7, 11) is 0. The zero-order valence-electron chi connectivity index (χ0n) is 18.5. The Bertz CT molecular complexity index is 1230. The number of rotatable bonds is 6. The van der Waals surface area contributed by atoms with Crippen molar-refractivity contribution in [1.82, 2.24) is 5.32 Å². The van der Waals surface area contributed by atoms with Crippen LogP contribution >= 0.6 is 11.8 Å². The second kappa shape index (κ2) is 8.42. The molecule has 0 aliphatic heterocycles. The van der Waals surface area contributed by atoms with Crippen molar-refractivity contribution in [1.29, 1.82) is 0 Å². The van der Waals surface area contributed by atoms with Gasteiger partial charge in [-0.05, 0) is 37.1 Å². The number of benzene rings is 1. The van der Waals surface area contributed by atoms with Crippen LogP contribution in [0.3, 0.4) is 0 Å². The molecule has 0 saturated carbocycles. The molecule has 0 radical (unpaired) electrons. The van der Waals surface area contributed by atoms with E-state index < -0.39 is 23.5 Å². The van der Waals surface area contributed by atoms with Gasteiger partial charge in [0.25, 0.3) is 0 Å². The lowest BCUT2D eigenvalue weighted by molar-refractivity contribution is -0.141. The molecule has 1 unspecified atom stereocenters. The van der Waals surface area contributed by atoms with Crippen molar-refractivity contribution < 1.29 is 23.5 Å². The highest BCUT2D eigenvalue weighted by molar-refractivity contribution is 7.98. The summed E-state index contributed by atoms with van der Waals surface area (Å²) < 4.78 is 11.4. The molecule has 0 bridgehead atoms. The van der Waals surface area contributed by atoms with Crippen LogP contribution in [0.25, 0.3) is 21.9 Å². The van der Waals surface area contributed by atoms with Gasteiger partial charge < -0.3 is 19.3 Å². The molecule has 1 amide bonds. The zero-order chi connectivity index (χ0) is 23.1. The minimum absolute atomic E-state index is 0.138. The van der Waals surface area contributed by atoms with Gasteiger partial charge in [0.15, 0.2) is 0 Å². The largest absolute Gasteiger partial charge is 0.480 e. The molecule has 0 spiro atoms. The summed E-state index contributed by atoms with van der Waals surface area (Å²) in [5.74, 6) is -1.41. The van der Waals surface area contributed by atoms with Crippen molar-refractivity contribution in [3.05, 3.63) is 45.0 Å². The highest BCUT2D eigenvalue weighted by Crippen LogP contribution is 2.37. The van der Waals surface area contributed by atoms with Gasteiger partial charge in [0.2, 0.25) is 5.91 Å². The molecule has 2 heterocycles. The molecule has 1 aromatic carbocycles. The lowest BCUT2D eigenvalue weighted by Gasteiger charge is -2.17. The first-order valence-electron chi connectivity index (χ1n) is 9.94. The number of thioether (sulfide) groups is 1. The first-order chi connectivity index (χ1) is 14.5. The van der Waals surface area contributed by atoms with Gasteiger partial charge in [-0.3, -0.25) is 4.79 Å². The molecule has 2 N–H and O–H groups in total. The topological polar surface area (TPSA) is 110 Å². The minimum atomic E-state index is -1.11. The lowest BCUT2D eigenvalue weighted by atomic mass is 9.86. The summed E-state index contributed by atoms with van der Waals surface area (Å²) in [6.07, 6.45) is 3.24. The molecule has 166 valence electrons. The van der Waals surface area contributed by atoms with Gasteiger partial charge in [0.1, 0.15) is 17.2 Å². The SMILES string of the molecule is CSCC(NC(=O)Cc1c(C)c2cc3c(C(C)(C)C)coc3c(C)c2oc1=O)C(=O)O. The summed E-state index contributed by atoms with van der Waals surface area (Å²) in [6.45, 7) is 9.91. The Morgan fingerprint density at radius 1 is 1.16 bits per heavy atom. The zero-order valence-corrected chi connectivity index (χ0v) is 19.4. The van der Waals surface area contributed by atoms with Gasteiger partial charge in [0.05, 0.1) is 18.2 Å². The molecule has 31 heavy (non-hydrogen) atoms. The van der Waals surface area contributed by atoms with Crippen molar-refractivity contribution in [2.45, 2.75) is 52.5 Å². The van der Waals surface area contributed by atoms with Crippen molar-refractivity contribution in [2.24, 2.45) is 0 Å². The van der Waals surface area contributed by atoms with E-state index in [1.54, 1.807) is 19.4 Å². The van der Waals surface area contributed by atoms with E-state index in [4.69, 9.17) is 8.83 Å². The molecule has 3 aromatic rings. The molecule has 7 nitrogen and oxygen atoms in total. The minimum Gasteiger partial charge on any atom is -0.480 e. The number of amides is 1. The van der Waals surface area contributed by atoms with Crippen LogP contribution in [-0.4, -0.2) is 35.0 Å². The number of carboxylic acid groups (broad SMARTS) is 1. The van der Waals surface area contributed by atoms with E-state index in [0.717, 1.165) is 21.9 Å². The van der Waals surface area contributed by atoms with Gasteiger partial charge in [-0.1, -0.05) is 20.8 Å². The van der Waals surface area contributed by atoms with E-state index in [-0.39, 0.29) is 23.2 Å². The maximum Gasteiger partial charge on any atom is 0.340 e. The van der Waals surface area contributed by atoms with Gasteiger partial charge in [-0.15, -0.1) is 0 Å². The van der Waals surface area contributed by atoms with Gasteiger partial charge in [0, 0.05) is 27.7 Å². The average Bonchev–Trinajstić information content (AvgIpc) is 3.10. The van der Waals surface area contributed by atoms with Crippen LogP contribution in [-0.2, 0) is 21.4 Å². The second-order valence-corrected chi connectivity index (χ2v) is 9.65. The Hall–Kier alpha value is -2.74. The number of furan rings is 1. The third kappa shape index (κ3) is 4.35. The van der Waals surface area contributed by atoms with E-state index in [2.05, 4.69) is 26.1 Å². The first kappa shape index (κ1) is 22.9. The number of aryl methyl sites for hydroxylation is 2. The number of carbonyl (C=O) groups is 2. The van der Waals surface area contributed by atoms with Crippen molar-refractivity contribution in [3.8, 4) is 0 Å². The predicted octanol–water partition coefficient (Wildman–Crippen LogP) is 3.93. The molecule has 0 fully saturated rings. The summed E-state index contributed by atoms with van der Waals surface area (Å²) in [6, 6.07) is 0.923. The molecular formula is C23H27NO6S. The van der Waals surface area contributed by atoms with Gasteiger partial charge >= 0.3 is 11.6 Å². The molecule has 8 heteroatoms. The van der Waals surface area contributed by atoms with E-state index in [0.29, 0.717) is 16.7 Å². The maximum absolute atomic E-state index is 12.7. The van der Waals surface area contributed by atoms with Crippen molar-refractivity contribution in [3.63, 3.8) is 0 Å². The fourth-order valence-electron chi connectivity index (χ4n) is 3.73. The third-order valence-corrected chi connectivity index (χ3v) is 6.12. The molecule has 3 rings (SSSR count). The highest BCUT2D eigenvalue weighted by atomic mass is 32.2. The monoisotopic (exact) mass is 445 g/mol. The van der Waals surface area contributed by atoms with Crippen LogP contribution in [0, 0.1) is 13.8 Å². The van der Waals surface area contributed by atoms with Crippen LogP contribution in [0.2, 0.25) is 0 Å². The lowest BCUT2D eigenvalue weighted by Crippen LogP contribution is -2.43. The molecule has 0 aliphatic carbocycles. The molecule has 0 aliphatic rings. The fraction of sp³-hybridized carbons (Fsp3) is 0.435.